The minimum absolute atomic E-state index is 0.0969. The number of ether oxygens (including phenoxy) is 4. The molecule has 2 saturated heterocycles. The van der Waals surface area contributed by atoms with Gasteiger partial charge in [-0.2, -0.15) is 0 Å². The molecule has 4 heterocycles. The summed E-state index contributed by atoms with van der Waals surface area (Å²) in [4.78, 5) is 24.3. The Hall–Kier alpha value is -2.30. The van der Waals surface area contributed by atoms with E-state index < -0.39 is 24.2 Å². The Morgan fingerprint density at radius 1 is 1.30 bits per heavy atom. The van der Waals surface area contributed by atoms with E-state index in [1.54, 1.807) is 10.9 Å². The quantitative estimate of drug-likeness (QED) is 0.765. The van der Waals surface area contributed by atoms with Crippen LogP contribution in [0.3, 0.4) is 0 Å². The average molecular weight is 377 g/mol. The molecule has 0 saturated carbocycles. The molecule has 10 nitrogen and oxygen atoms in total. The fraction of sp³-hybridized carbons (Fsp3) is 0.647. The second kappa shape index (κ2) is 6.70. The molecule has 4 atom stereocenters. The number of anilines is 1. The molecule has 2 aromatic rings. The van der Waals surface area contributed by atoms with E-state index in [1.165, 1.54) is 6.33 Å². The predicted octanol–water partition coefficient (Wildman–Crippen LogP) is 1.17. The van der Waals surface area contributed by atoms with Gasteiger partial charge in [-0.3, -0.25) is 9.36 Å². The molecule has 2 aliphatic heterocycles. The topological polar surface area (TPSA) is 124 Å². The first-order chi connectivity index (χ1) is 12.9. The van der Waals surface area contributed by atoms with Crippen molar-refractivity contribution >= 4 is 23.0 Å². The zero-order chi connectivity index (χ0) is 19.2. The average Bonchev–Trinajstić information content (AvgIpc) is 3.25. The summed E-state index contributed by atoms with van der Waals surface area (Å²) in [5.74, 6) is -0.733. The first kappa shape index (κ1) is 18.1. The van der Waals surface area contributed by atoms with Crippen molar-refractivity contribution < 1.29 is 23.7 Å². The molecule has 4 rings (SSSR count). The van der Waals surface area contributed by atoms with Gasteiger partial charge in [0.05, 0.1) is 6.33 Å². The summed E-state index contributed by atoms with van der Waals surface area (Å²) < 4.78 is 25.3. The third-order valence-electron chi connectivity index (χ3n) is 4.65. The Kier molecular flexibility index (Phi) is 4.49. The molecule has 0 aromatic carbocycles. The first-order valence-electron chi connectivity index (χ1n) is 8.99. The molecule has 10 heteroatoms. The number of hydrogen-bond donors (Lipinski definition) is 1. The van der Waals surface area contributed by atoms with Crippen LogP contribution in [0.25, 0.3) is 11.2 Å². The number of esters is 1. The van der Waals surface area contributed by atoms with Crippen LogP contribution in [0.2, 0.25) is 0 Å². The lowest BCUT2D eigenvalue weighted by molar-refractivity contribution is -0.202. The van der Waals surface area contributed by atoms with E-state index in [9.17, 15) is 4.79 Å². The number of fused-ring (bicyclic) bond motifs is 2. The fourth-order valence-electron chi connectivity index (χ4n) is 3.52. The van der Waals surface area contributed by atoms with E-state index >= 15 is 0 Å². The van der Waals surface area contributed by atoms with Crippen molar-refractivity contribution in [1.82, 2.24) is 19.5 Å². The Labute approximate surface area is 156 Å². The molecule has 2 aliphatic rings. The van der Waals surface area contributed by atoms with Crippen molar-refractivity contribution in [2.75, 3.05) is 12.3 Å². The van der Waals surface area contributed by atoms with Gasteiger partial charge < -0.3 is 24.7 Å². The van der Waals surface area contributed by atoms with Crippen molar-refractivity contribution in [3.63, 3.8) is 0 Å². The highest BCUT2D eigenvalue weighted by atomic mass is 16.8. The number of nitrogens with zero attached hydrogens (tertiary/aromatic N) is 4. The molecule has 0 radical (unpaired) electrons. The molecular formula is C17H23N5O5. The monoisotopic (exact) mass is 377 g/mol. The first-order valence-corrected chi connectivity index (χ1v) is 8.99. The van der Waals surface area contributed by atoms with Crippen LogP contribution in [0.15, 0.2) is 12.7 Å². The van der Waals surface area contributed by atoms with Gasteiger partial charge in [0.1, 0.15) is 36.8 Å². The number of nitrogens with two attached hydrogens (primary N) is 1. The number of imidazole rings is 1. The largest absolute Gasteiger partial charge is 0.463 e. The van der Waals surface area contributed by atoms with Crippen molar-refractivity contribution in [2.45, 2.75) is 63.9 Å². The van der Waals surface area contributed by atoms with E-state index in [2.05, 4.69) is 15.0 Å². The smallest absolute Gasteiger partial charge is 0.305 e. The number of carbonyl (C=O) groups is 1. The molecule has 2 aromatic heterocycles. The lowest BCUT2D eigenvalue weighted by Gasteiger charge is -2.24. The molecule has 2 N–H and O–H groups in total. The highest BCUT2D eigenvalue weighted by Crippen LogP contribution is 2.43. The number of aromatic nitrogens is 4. The molecule has 27 heavy (non-hydrogen) atoms. The molecule has 2 fully saturated rings. The maximum atomic E-state index is 11.7. The summed E-state index contributed by atoms with van der Waals surface area (Å²) in [6.45, 7) is 5.71. The zero-order valence-electron chi connectivity index (χ0n) is 15.5. The third-order valence-corrected chi connectivity index (χ3v) is 4.65. The molecule has 146 valence electrons. The van der Waals surface area contributed by atoms with Gasteiger partial charge in [-0.25, -0.2) is 15.0 Å². The van der Waals surface area contributed by atoms with Crippen LogP contribution in [0.4, 0.5) is 5.82 Å². The number of hydrogen-bond acceptors (Lipinski definition) is 9. The molecular weight excluding hydrogens is 354 g/mol. The molecule has 0 bridgehead atoms. The van der Waals surface area contributed by atoms with Crippen LogP contribution in [0, 0.1) is 0 Å². The van der Waals surface area contributed by atoms with E-state index in [1.807, 2.05) is 20.8 Å². The molecule has 0 unspecified atom stereocenters. The third kappa shape index (κ3) is 3.24. The SMILES string of the molecule is CCCC(=O)OC[C@H]1O[C@@H](n2cnc3c(N)ncnc32)[C@@H]2OC(C)(C)O[C@@H]21. The van der Waals surface area contributed by atoms with Crippen molar-refractivity contribution in [3.05, 3.63) is 12.7 Å². The van der Waals surface area contributed by atoms with Crippen LogP contribution in [0.1, 0.15) is 39.8 Å². The van der Waals surface area contributed by atoms with E-state index in [0.29, 0.717) is 23.4 Å². The van der Waals surface area contributed by atoms with Crippen LogP contribution in [-0.2, 0) is 23.7 Å². The van der Waals surface area contributed by atoms with Gasteiger partial charge in [-0.1, -0.05) is 6.92 Å². The van der Waals surface area contributed by atoms with Gasteiger partial charge in [-0.05, 0) is 20.3 Å². The lowest BCUT2D eigenvalue weighted by Crippen LogP contribution is -2.33. The second-order valence-electron chi connectivity index (χ2n) is 7.15. The highest BCUT2D eigenvalue weighted by molar-refractivity contribution is 5.81. The van der Waals surface area contributed by atoms with Gasteiger partial charge in [0.2, 0.25) is 0 Å². The predicted molar refractivity (Wildman–Crippen MR) is 93.3 cm³/mol. The fourth-order valence-corrected chi connectivity index (χ4v) is 3.52. The standard InChI is InChI=1S/C17H23N5O5/c1-4-5-10(23)24-6-9-12-13(27-17(2,3)26-12)16(25-9)22-8-21-11-14(18)19-7-20-15(11)22/h7-9,12-13,16H,4-6H2,1-3H3,(H2,18,19,20)/t9-,12-,13-,16-/m1/s1. The molecule has 0 spiro atoms. The van der Waals surface area contributed by atoms with E-state index in [0.717, 1.165) is 6.42 Å². The maximum Gasteiger partial charge on any atom is 0.305 e. The summed E-state index contributed by atoms with van der Waals surface area (Å²) in [7, 11) is 0. The number of carbonyl (C=O) groups excluding carboxylic acids is 1. The van der Waals surface area contributed by atoms with Gasteiger partial charge in [0.25, 0.3) is 0 Å². The normalized spacial score (nSPS) is 29.1. The summed E-state index contributed by atoms with van der Waals surface area (Å²) in [5, 5.41) is 0. The number of rotatable bonds is 5. The van der Waals surface area contributed by atoms with E-state index in [4.69, 9.17) is 24.7 Å². The highest BCUT2D eigenvalue weighted by Gasteiger charge is 2.56. The van der Waals surface area contributed by atoms with Crippen LogP contribution >= 0.6 is 0 Å². The zero-order valence-corrected chi connectivity index (χ0v) is 15.5. The molecule has 0 amide bonds. The summed E-state index contributed by atoms with van der Waals surface area (Å²) in [5.41, 5.74) is 6.91. The Balaban J connectivity index is 1.61. The van der Waals surface area contributed by atoms with E-state index in [-0.39, 0.29) is 18.7 Å². The van der Waals surface area contributed by atoms with Crippen molar-refractivity contribution in [1.29, 1.82) is 0 Å². The molecule has 0 aliphatic carbocycles. The summed E-state index contributed by atoms with van der Waals surface area (Å²) in [6.07, 6.45) is 2.30. The minimum Gasteiger partial charge on any atom is -0.463 e. The van der Waals surface area contributed by atoms with Crippen molar-refractivity contribution in [2.24, 2.45) is 0 Å². The van der Waals surface area contributed by atoms with Gasteiger partial charge >= 0.3 is 5.97 Å². The van der Waals surface area contributed by atoms with Gasteiger partial charge in [-0.15, -0.1) is 0 Å². The summed E-state index contributed by atoms with van der Waals surface area (Å²) in [6, 6.07) is 0. The minimum atomic E-state index is -0.770. The second-order valence-corrected chi connectivity index (χ2v) is 7.15. The maximum absolute atomic E-state index is 11.7. The Bertz CT molecular complexity index is 853. The van der Waals surface area contributed by atoms with Crippen molar-refractivity contribution in [3.8, 4) is 0 Å². The Morgan fingerprint density at radius 3 is 2.85 bits per heavy atom. The Morgan fingerprint density at radius 2 is 2.07 bits per heavy atom. The van der Waals surface area contributed by atoms with Crippen LogP contribution < -0.4 is 5.73 Å². The van der Waals surface area contributed by atoms with Crippen LogP contribution in [-0.4, -0.2) is 56.2 Å². The lowest BCUT2D eigenvalue weighted by atomic mass is 10.1. The van der Waals surface area contributed by atoms with Crippen LogP contribution in [0.5, 0.6) is 0 Å². The summed E-state index contributed by atoms with van der Waals surface area (Å²) >= 11 is 0. The number of nitrogen functional groups attached to an aromatic ring is 1. The van der Waals surface area contributed by atoms with Gasteiger partial charge in [0.15, 0.2) is 23.5 Å². The van der Waals surface area contributed by atoms with Gasteiger partial charge in [0, 0.05) is 6.42 Å².